The first-order valence-electron chi connectivity index (χ1n) is 6.38. The van der Waals surface area contributed by atoms with Gasteiger partial charge in [-0.2, -0.15) is 5.10 Å². The topological polar surface area (TPSA) is 65.1 Å². The molecule has 5 nitrogen and oxygen atoms in total. The number of aryl methyl sites for hydroxylation is 1. The van der Waals surface area contributed by atoms with Crippen molar-refractivity contribution in [3.8, 4) is 0 Å². The van der Waals surface area contributed by atoms with Crippen molar-refractivity contribution in [1.29, 1.82) is 0 Å². The lowest BCUT2D eigenvalue weighted by Gasteiger charge is -2.42. The third-order valence-corrected chi connectivity index (χ3v) is 4.55. The fraction of sp³-hybridized carbons (Fsp3) is 0.750. The van der Waals surface area contributed by atoms with E-state index in [2.05, 4.69) is 33.4 Å². The third-order valence-electron chi connectivity index (χ3n) is 3.94. The van der Waals surface area contributed by atoms with Crippen LogP contribution in [0.25, 0.3) is 0 Å². The quantitative estimate of drug-likeness (QED) is 0.623. The summed E-state index contributed by atoms with van der Waals surface area (Å²) in [6.07, 6.45) is 6.16. The van der Waals surface area contributed by atoms with Crippen molar-refractivity contribution in [3.05, 3.63) is 16.4 Å². The predicted molar refractivity (Wildman–Crippen MR) is 73.9 cm³/mol. The summed E-state index contributed by atoms with van der Waals surface area (Å²) in [5.74, 6) is 5.73. The second kappa shape index (κ2) is 5.69. The Kier molecular flexibility index (Phi) is 4.42. The van der Waals surface area contributed by atoms with E-state index in [1.807, 2.05) is 10.9 Å². The Balaban J connectivity index is 2.19. The number of aromatic nitrogens is 2. The number of hydrogen-bond donors (Lipinski definition) is 2. The molecule has 0 aromatic carbocycles. The van der Waals surface area contributed by atoms with Gasteiger partial charge in [-0.3, -0.25) is 16.0 Å². The Morgan fingerprint density at radius 2 is 2.39 bits per heavy atom. The van der Waals surface area contributed by atoms with E-state index >= 15 is 0 Å². The molecule has 1 aromatic rings. The molecule has 2 rings (SSSR count). The molecule has 1 aliphatic carbocycles. The number of rotatable bonds is 6. The molecule has 102 valence electrons. The van der Waals surface area contributed by atoms with Crippen LogP contribution in [-0.2, 0) is 11.3 Å². The van der Waals surface area contributed by atoms with Gasteiger partial charge in [0.15, 0.2) is 0 Å². The molecule has 0 radical (unpaired) electrons. The van der Waals surface area contributed by atoms with Crippen LogP contribution in [0.2, 0.25) is 0 Å². The summed E-state index contributed by atoms with van der Waals surface area (Å²) in [5, 5.41) is 4.34. The minimum atomic E-state index is -0.0146. The van der Waals surface area contributed by atoms with E-state index in [4.69, 9.17) is 10.6 Å². The lowest BCUT2D eigenvalue weighted by Crippen LogP contribution is -2.44. The van der Waals surface area contributed by atoms with Crippen LogP contribution >= 0.6 is 15.9 Å². The van der Waals surface area contributed by atoms with Crippen LogP contribution in [0.5, 0.6) is 0 Å². The highest BCUT2D eigenvalue weighted by Crippen LogP contribution is 2.42. The van der Waals surface area contributed by atoms with Gasteiger partial charge in [0.05, 0.1) is 28.0 Å². The van der Waals surface area contributed by atoms with Crippen molar-refractivity contribution in [2.75, 3.05) is 7.11 Å². The molecule has 0 amide bonds. The molecule has 0 spiro atoms. The average Bonchev–Trinajstić information content (AvgIpc) is 2.71. The third kappa shape index (κ3) is 2.47. The van der Waals surface area contributed by atoms with Crippen molar-refractivity contribution in [2.24, 2.45) is 5.84 Å². The zero-order valence-electron chi connectivity index (χ0n) is 10.9. The number of nitrogens with one attached hydrogen (secondary N) is 1. The molecule has 0 aliphatic heterocycles. The Hall–Kier alpha value is -0.430. The monoisotopic (exact) mass is 316 g/mol. The lowest BCUT2D eigenvalue weighted by atomic mass is 9.75. The number of hydrogen-bond acceptors (Lipinski definition) is 4. The predicted octanol–water partition coefficient (Wildman–Crippen LogP) is 2.13. The second-order valence-electron chi connectivity index (χ2n) is 4.86. The largest absolute Gasteiger partial charge is 0.378 e. The average molecular weight is 317 g/mol. The van der Waals surface area contributed by atoms with Gasteiger partial charge in [-0.25, -0.2) is 0 Å². The molecule has 1 aliphatic rings. The first kappa shape index (κ1) is 14.0. The zero-order valence-corrected chi connectivity index (χ0v) is 12.5. The van der Waals surface area contributed by atoms with Crippen LogP contribution in [0, 0.1) is 0 Å². The van der Waals surface area contributed by atoms with Gasteiger partial charge in [0.2, 0.25) is 0 Å². The summed E-state index contributed by atoms with van der Waals surface area (Å²) in [4.78, 5) is 0. The Morgan fingerprint density at radius 1 is 1.67 bits per heavy atom. The molecule has 3 N–H and O–H groups in total. The summed E-state index contributed by atoms with van der Waals surface area (Å²) >= 11 is 3.55. The van der Waals surface area contributed by atoms with Crippen molar-refractivity contribution in [1.82, 2.24) is 15.2 Å². The SMILES string of the molecule is CCn1ncc(Br)c1C(CC1(OC)CCC1)NN. The number of nitrogens with zero attached hydrogens (tertiary/aromatic N) is 2. The van der Waals surface area contributed by atoms with E-state index < -0.39 is 0 Å². The molecule has 1 saturated carbocycles. The fourth-order valence-corrected chi connectivity index (χ4v) is 3.21. The first-order valence-corrected chi connectivity index (χ1v) is 7.17. The number of ether oxygens (including phenoxy) is 1. The van der Waals surface area contributed by atoms with E-state index in [0.29, 0.717) is 0 Å². The van der Waals surface area contributed by atoms with Crippen molar-refractivity contribution >= 4 is 15.9 Å². The molecule has 1 heterocycles. The molecule has 0 saturated heterocycles. The van der Waals surface area contributed by atoms with Gasteiger partial charge in [-0.05, 0) is 48.5 Å². The van der Waals surface area contributed by atoms with Gasteiger partial charge in [-0.15, -0.1) is 0 Å². The van der Waals surface area contributed by atoms with Crippen molar-refractivity contribution in [2.45, 2.75) is 50.8 Å². The Labute approximate surface area is 116 Å². The van der Waals surface area contributed by atoms with Crippen LogP contribution in [0.3, 0.4) is 0 Å². The van der Waals surface area contributed by atoms with E-state index in [1.165, 1.54) is 6.42 Å². The normalized spacial score (nSPS) is 19.6. The van der Waals surface area contributed by atoms with E-state index in [0.717, 1.165) is 36.0 Å². The first-order chi connectivity index (χ1) is 8.65. The molecular weight excluding hydrogens is 296 g/mol. The number of hydrazine groups is 1. The minimum Gasteiger partial charge on any atom is -0.378 e. The van der Waals surface area contributed by atoms with Crippen molar-refractivity contribution in [3.63, 3.8) is 0 Å². The molecule has 1 unspecified atom stereocenters. The summed E-state index contributed by atoms with van der Waals surface area (Å²) in [5.41, 5.74) is 3.99. The Morgan fingerprint density at radius 3 is 2.83 bits per heavy atom. The maximum atomic E-state index is 5.73. The van der Waals surface area contributed by atoms with Crippen LogP contribution in [0.4, 0.5) is 0 Å². The van der Waals surface area contributed by atoms with Gasteiger partial charge in [0.25, 0.3) is 0 Å². The minimum absolute atomic E-state index is 0.0146. The van der Waals surface area contributed by atoms with E-state index in [-0.39, 0.29) is 11.6 Å². The lowest BCUT2D eigenvalue weighted by molar-refractivity contribution is -0.0843. The smallest absolute Gasteiger partial charge is 0.0710 e. The molecule has 6 heteroatoms. The van der Waals surface area contributed by atoms with Gasteiger partial charge >= 0.3 is 0 Å². The highest BCUT2D eigenvalue weighted by Gasteiger charge is 2.40. The zero-order chi connectivity index (χ0) is 13.2. The summed E-state index contributed by atoms with van der Waals surface area (Å²) in [6.45, 7) is 2.91. The fourth-order valence-electron chi connectivity index (χ4n) is 2.64. The number of methoxy groups -OCH3 is 1. The molecule has 18 heavy (non-hydrogen) atoms. The van der Waals surface area contributed by atoms with Crippen LogP contribution in [-0.4, -0.2) is 22.5 Å². The molecule has 0 bridgehead atoms. The van der Waals surface area contributed by atoms with Crippen LogP contribution in [0.15, 0.2) is 10.7 Å². The summed E-state index contributed by atoms with van der Waals surface area (Å²) in [7, 11) is 1.79. The van der Waals surface area contributed by atoms with Gasteiger partial charge in [0.1, 0.15) is 0 Å². The maximum absolute atomic E-state index is 5.73. The highest BCUT2D eigenvalue weighted by atomic mass is 79.9. The highest BCUT2D eigenvalue weighted by molar-refractivity contribution is 9.10. The second-order valence-corrected chi connectivity index (χ2v) is 5.71. The van der Waals surface area contributed by atoms with Crippen LogP contribution in [0.1, 0.15) is 44.3 Å². The van der Waals surface area contributed by atoms with Gasteiger partial charge in [-0.1, -0.05) is 0 Å². The molecular formula is C12H21BrN4O. The van der Waals surface area contributed by atoms with Crippen LogP contribution < -0.4 is 11.3 Å². The molecule has 1 fully saturated rings. The van der Waals surface area contributed by atoms with E-state index in [1.54, 1.807) is 7.11 Å². The van der Waals surface area contributed by atoms with E-state index in [9.17, 15) is 0 Å². The number of halogens is 1. The molecule has 1 aromatic heterocycles. The van der Waals surface area contributed by atoms with Crippen molar-refractivity contribution < 1.29 is 4.74 Å². The number of nitrogens with two attached hydrogens (primary N) is 1. The van der Waals surface area contributed by atoms with Gasteiger partial charge < -0.3 is 4.74 Å². The summed E-state index contributed by atoms with van der Waals surface area (Å²) < 4.78 is 8.64. The molecule has 1 atom stereocenters. The standard InChI is InChI=1S/C12H21BrN4O/c1-3-17-11(9(13)8-15-17)10(16-14)7-12(18-2)5-4-6-12/h8,10,16H,3-7,14H2,1-2H3. The summed E-state index contributed by atoms with van der Waals surface area (Å²) in [6, 6.07) is 0.0575. The maximum Gasteiger partial charge on any atom is 0.0710 e. The Bertz CT molecular complexity index is 397. The van der Waals surface area contributed by atoms with Gasteiger partial charge in [0, 0.05) is 13.7 Å².